The Morgan fingerprint density at radius 2 is 2.30 bits per heavy atom. The Balaban J connectivity index is 1.63. The lowest BCUT2D eigenvalue weighted by Crippen LogP contribution is -2.34. The van der Waals surface area contributed by atoms with Crippen LogP contribution >= 0.6 is 0 Å². The Bertz CT molecular complexity index is 680. The average molecular weight is 315 g/mol. The molecule has 23 heavy (non-hydrogen) atoms. The molecule has 6 nitrogen and oxygen atoms in total. The summed E-state index contributed by atoms with van der Waals surface area (Å²) >= 11 is 0. The van der Waals surface area contributed by atoms with Gasteiger partial charge in [-0.2, -0.15) is 0 Å². The SMILES string of the molecule is CC(C)CN1CC[C@@H](CN(C)C(=O)c2cccn3cnnc23)C1. The molecule has 0 spiro atoms. The van der Waals surface area contributed by atoms with E-state index in [0.717, 1.165) is 26.2 Å². The third-order valence-electron chi connectivity index (χ3n) is 4.43. The molecular weight excluding hydrogens is 290 g/mol. The quantitative estimate of drug-likeness (QED) is 0.844. The van der Waals surface area contributed by atoms with Gasteiger partial charge in [-0.3, -0.25) is 9.20 Å². The molecule has 1 saturated heterocycles. The van der Waals surface area contributed by atoms with E-state index in [0.29, 0.717) is 23.0 Å². The zero-order valence-electron chi connectivity index (χ0n) is 14.1. The van der Waals surface area contributed by atoms with Crippen molar-refractivity contribution in [1.29, 1.82) is 0 Å². The zero-order chi connectivity index (χ0) is 16.4. The van der Waals surface area contributed by atoms with Crippen molar-refractivity contribution >= 4 is 11.6 Å². The van der Waals surface area contributed by atoms with Gasteiger partial charge in [0.05, 0.1) is 5.56 Å². The number of rotatable bonds is 5. The molecule has 6 heteroatoms. The highest BCUT2D eigenvalue weighted by Gasteiger charge is 2.26. The first-order valence-electron chi connectivity index (χ1n) is 8.30. The first kappa shape index (κ1) is 15.9. The second kappa shape index (κ2) is 6.66. The number of aromatic nitrogens is 3. The molecule has 0 aromatic carbocycles. The van der Waals surface area contributed by atoms with Crippen LogP contribution in [0.15, 0.2) is 24.7 Å². The predicted octanol–water partition coefficient (Wildman–Crippen LogP) is 1.78. The number of nitrogens with zero attached hydrogens (tertiary/aromatic N) is 5. The molecule has 1 fully saturated rings. The van der Waals surface area contributed by atoms with Gasteiger partial charge in [-0.05, 0) is 36.9 Å². The summed E-state index contributed by atoms with van der Waals surface area (Å²) in [7, 11) is 1.88. The van der Waals surface area contributed by atoms with Crippen molar-refractivity contribution in [2.75, 3.05) is 33.2 Å². The number of hydrogen-bond acceptors (Lipinski definition) is 4. The molecule has 0 N–H and O–H groups in total. The van der Waals surface area contributed by atoms with E-state index in [9.17, 15) is 4.79 Å². The van der Waals surface area contributed by atoms with Crippen molar-refractivity contribution < 1.29 is 4.79 Å². The monoisotopic (exact) mass is 315 g/mol. The summed E-state index contributed by atoms with van der Waals surface area (Å²) in [5.41, 5.74) is 1.24. The maximum atomic E-state index is 12.7. The fourth-order valence-corrected chi connectivity index (χ4v) is 3.44. The number of amides is 1. The molecule has 0 radical (unpaired) electrons. The number of carbonyl (C=O) groups excluding carboxylic acids is 1. The molecule has 0 bridgehead atoms. The molecule has 0 unspecified atom stereocenters. The van der Waals surface area contributed by atoms with Crippen LogP contribution in [-0.4, -0.2) is 63.5 Å². The topological polar surface area (TPSA) is 53.7 Å². The van der Waals surface area contributed by atoms with Gasteiger partial charge in [-0.15, -0.1) is 10.2 Å². The lowest BCUT2D eigenvalue weighted by atomic mass is 10.1. The highest BCUT2D eigenvalue weighted by atomic mass is 16.2. The molecule has 2 aromatic rings. The average Bonchev–Trinajstić information content (AvgIpc) is 3.14. The van der Waals surface area contributed by atoms with Gasteiger partial charge in [0.15, 0.2) is 5.65 Å². The van der Waals surface area contributed by atoms with Gasteiger partial charge >= 0.3 is 0 Å². The molecule has 1 aliphatic heterocycles. The van der Waals surface area contributed by atoms with Gasteiger partial charge in [0.1, 0.15) is 6.33 Å². The summed E-state index contributed by atoms with van der Waals surface area (Å²) in [6.45, 7) is 8.68. The zero-order valence-corrected chi connectivity index (χ0v) is 14.1. The van der Waals surface area contributed by atoms with Crippen LogP contribution in [0.3, 0.4) is 0 Å². The molecule has 3 rings (SSSR count). The molecular formula is C17H25N5O. The molecule has 1 aliphatic rings. The van der Waals surface area contributed by atoms with Crippen molar-refractivity contribution in [3.63, 3.8) is 0 Å². The Hall–Kier alpha value is -1.95. The molecule has 1 atom stereocenters. The first-order chi connectivity index (χ1) is 11.0. The van der Waals surface area contributed by atoms with Gasteiger partial charge in [-0.1, -0.05) is 13.8 Å². The van der Waals surface area contributed by atoms with Gasteiger partial charge in [0.25, 0.3) is 5.91 Å². The molecule has 2 aromatic heterocycles. The normalized spacial score (nSPS) is 18.9. The second-order valence-corrected chi connectivity index (χ2v) is 6.98. The summed E-state index contributed by atoms with van der Waals surface area (Å²) in [5.74, 6) is 1.27. The fraction of sp³-hybridized carbons (Fsp3) is 0.588. The van der Waals surface area contributed by atoms with Gasteiger partial charge < -0.3 is 9.80 Å². The van der Waals surface area contributed by atoms with E-state index in [2.05, 4.69) is 28.9 Å². The van der Waals surface area contributed by atoms with Crippen LogP contribution in [0.25, 0.3) is 5.65 Å². The third-order valence-corrected chi connectivity index (χ3v) is 4.43. The smallest absolute Gasteiger partial charge is 0.257 e. The number of fused-ring (bicyclic) bond motifs is 1. The summed E-state index contributed by atoms with van der Waals surface area (Å²) in [6, 6.07) is 3.68. The predicted molar refractivity (Wildman–Crippen MR) is 89.3 cm³/mol. The molecule has 0 aliphatic carbocycles. The van der Waals surface area contributed by atoms with E-state index in [1.807, 2.05) is 30.3 Å². The van der Waals surface area contributed by atoms with E-state index in [-0.39, 0.29) is 5.91 Å². The van der Waals surface area contributed by atoms with E-state index in [1.165, 1.54) is 6.42 Å². The van der Waals surface area contributed by atoms with E-state index < -0.39 is 0 Å². The summed E-state index contributed by atoms with van der Waals surface area (Å²) in [4.78, 5) is 17.1. The summed E-state index contributed by atoms with van der Waals surface area (Å²) in [5, 5.41) is 7.94. The summed E-state index contributed by atoms with van der Waals surface area (Å²) < 4.78 is 1.78. The van der Waals surface area contributed by atoms with Crippen LogP contribution in [0.2, 0.25) is 0 Å². The number of carbonyl (C=O) groups is 1. The molecule has 124 valence electrons. The van der Waals surface area contributed by atoms with Crippen molar-refractivity contribution in [3.05, 3.63) is 30.2 Å². The minimum absolute atomic E-state index is 0.0194. The standard InChI is InChI=1S/C17H25N5O/c1-13(2)9-21-8-6-14(11-21)10-20(3)17(23)15-5-4-7-22-12-18-19-16(15)22/h4-5,7,12-14H,6,8-11H2,1-3H3/t14-/m0/s1. The van der Waals surface area contributed by atoms with Crippen LogP contribution < -0.4 is 0 Å². The highest BCUT2D eigenvalue weighted by Crippen LogP contribution is 2.19. The van der Waals surface area contributed by atoms with Crippen LogP contribution in [0, 0.1) is 11.8 Å². The lowest BCUT2D eigenvalue weighted by Gasteiger charge is -2.22. The maximum Gasteiger partial charge on any atom is 0.257 e. The highest BCUT2D eigenvalue weighted by molar-refractivity contribution is 5.99. The van der Waals surface area contributed by atoms with Crippen LogP contribution in [0.4, 0.5) is 0 Å². The summed E-state index contributed by atoms with van der Waals surface area (Å²) in [6.07, 6.45) is 4.64. The van der Waals surface area contributed by atoms with E-state index in [1.54, 1.807) is 10.7 Å². The second-order valence-electron chi connectivity index (χ2n) is 6.98. The van der Waals surface area contributed by atoms with Crippen molar-refractivity contribution in [3.8, 4) is 0 Å². The molecule has 3 heterocycles. The minimum atomic E-state index is 0.0194. The van der Waals surface area contributed by atoms with Gasteiger partial charge in [0.2, 0.25) is 0 Å². The first-order valence-corrected chi connectivity index (χ1v) is 8.30. The Labute approximate surface area is 137 Å². The Morgan fingerprint density at radius 1 is 1.48 bits per heavy atom. The van der Waals surface area contributed by atoms with Gasteiger partial charge in [-0.25, -0.2) is 0 Å². The van der Waals surface area contributed by atoms with Crippen LogP contribution in [0.1, 0.15) is 30.6 Å². The van der Waals surface area contributed by atoms with E-state index in [4.69, 9.17) is 0 Å². The van der Waals surface area contributed by atoms with Gasteiger partial charge in [0, 0.05) is 32.9 Å². The van der Waals surface area contributed by atoms with Crippen LogP contribution in [0.5, 0.6) is 0 Å². The number of hydrogen-bond donors (Lipinski definition) is 0. The maximum absolute atomic E-state index is 12.7. The molecule has 0 saturated carbocycles. The van der Waals surface area contributed by atoms with Crippen LogP contribution in [-0.2, 0) is 0 Å². The third kappa shape index (κ3) is 3.52. The Morgan fingerprint density at radius 3 is 3.09 bits per heavy atom. The number of pyridine rings is 1. The lowest BCUT2D eigenvalue weighted by molar-refractivity contribution is 0.0774. The van der Waals surface area contributed by atoms with E-state index >= 15 is 0 Å². The van der Waals surface area contributed by atoms with Crippen molar-refractivity contribution in [2.45, 2.75) is 20.3 Å². The largest absolute Gasteiger partial charge is 0.341 e. The Kier molecular flexibility index (Phi) is 4.61. The fourth-order valence-electron chi connectivity index (χ4n) is 3.44. The van der Waals surface area contributed by atoms with Crippen molar-refractivity contribution in [1.82, 2.24) is 24.4 Å². The minimum Gasteiger partial charge on any atom is -0.341 e. The van der Waals surface area contributed by atoms with Crippen molar-refractivity contribution in [2.24, 2.45) is 11.8 Å². The number of likely N-dealkylation sites (tertiary alicyclic amines) is 1. The molecule has 1 amide bonds.